The monoisotopic (exact) mass is 364 g/mol. The summed E-state index contributed by atoms with van der Waals surface area (Å²) in [6.45, 7) is 6.09. The van der Waals surface area contributed by atoms with Crippen molar-refractivity contribution in [3.8, 4) is 12.3 Å². The molecule has 1 heterocycles. The van der Waals surface area contributed by atoms with Gasteiger partial charge in [0.25, 0.3) is 0 Å². The Morgan fingerprint density at radius 3 is 2.85 bits per heavy atom. The molecule has 140 valence electrons. The highest BCUT2D eigenvalue weighted by atomic mass is 16.5. The predicted molar refractivity (Wildman–Crippen MR) is 108 cm³/mol. The van der Waals surface area contributed by atoms with E-state index in [-0.39, 0.29) is 18.1 Å². The molecule has 1 unspecified atom stereocenters. The first-order valence-corrected chi connectivity index (χ1v) is 8.84. The van der Waals surface area contributed by atoms with Gasteiger partial charge in [-0.2, -0.15) is 0 Å². The number of aliphatic imine (C=N–C) groups is 1. The fourth-order valence-electron chi connectivity index (χ4n) is 2.99. The van der Waals surface area contributed by atoms with E-state index in [9.17, 15) is 4.79 Å². The van der Waals surface area contributed by atoms with Crippen LogP contribution in [0.15, 0.2) is 41.5 Å². The van der Waals surface area contributed by atoms with E-state index in [1.54, 1.807) is 13.2 Å². The van der Waals surface area contributed by atoms with Crippen LogP contribution in [-0.4, -0.2) is 36.5 Å². The number of nitrogens with one attached hydrogen (secondary N) is 1. The second-order valence-electron chi connectivity index (χ2n) is 6.79. The van der Waals surface area contributed by atoms with Gasteiger partial charge in [-0.25, -0.2) is 4.99 Å². The van der Waals surface area contributed by atoms with Crippen molar-refractivity contribution in [2.75, 3.05) is 19.0 Å². The number of ether oxygens (including phenoxy) is 1. The van der Waals surface area contributed by atoms with Crippen LogP contribution in [0.25, 0.3) is 5.70 Å². The molecule has 2 aliphatic rings. The fourth-order valence-corrected chi connectivity index (χ4v) is 2.99. The molecule has 0 saturated heterocycles. The van der Waals surface area contributed by atoms with Gasteiger partial charge in [0.15, 0.2) is 6.23 Å². The molecule has 3 N–H and O–H groups in total. The lowest BCUT2D eigenvalue weighted by molar-refractivity contribution is -0.117. The molecule has 0 spiro atoms. The van der Waals surface area contributed by atoms with E-state index in [0.717, 1.165) is 24.2 Å². The zero-order chi connectivity index (χ0) is 19.6. The number of amides is 1. The van der Waals surface area contributed by atoms with E-state index in [1.165, 1.54) is 0 Å². The van der Waals surface area contributed by atoms with Crippen LogP contribution in [0, 0.1) is 18.3 Å². The Morgan fingerprint density at radius 1 is 1.52 bits per heavy atom. The molecular formula is C21H24N4O2. The third kappa shape index (κ3) is 4.21. The number of nitrogens with two attached hydrogens (primary N) is 1. The van der Waals surface area contributed by atoms with Crippen LogP contribution < -0.4 is 11.1 Å². The minimum Gasteiger partial charge on any atom is -0.401 e. The van der Waals surface area contributed by atoms with E-state index in [0.29, 0.717) is 29.2 Å². The standard InChI is InChI=1S/C21H24N4O2/c1-5-15-6-9-17(18(10-15)24-21(26)16-7-8-16)19-11-20(27-4)25(12-13(2)22)14(3)23-19/h1,6,9-11,16,20H,2,7-8,12,22H2,3-4H3,(H,24,26). The summed E-state index contributed by atoms with van der Waals surface area (Å²) in [7, 11) is 1.63. The molecule has 1 fully saturated rings. The summed E-state index contributed by atoms with van der Waals surface area (Å²) in [4.78, 5) is 18.9. The van der Waals surface area contributed by atoms with Gasteiger partial charge in [-0.05, 0) is 44.0 Å². The maximum Gasteiger partial charge on any atom is 0.227 e. The summed E-state index contributed by atoms with van der Waals surface area (Å²) >= 11 is 0. The van der Waals surface area contributed by atoms with Gasteiger partial charge in [-0.1, -0.05) is 12.5 Å². The molecule has 3 rings (SSSR count). The molecule has 1 aromatic rings. The smallest absolute Gasteiger partial charge is 0.227 e. The summed E-state index contributed by atoms with van der Waals surface area (Å²) in [5, 5.41) is 3.00. The van der Waals surface area contributed by atoms with Gasteiger partial charge in [0, 0.05) is 29.9 Å². The van der Waals surface area contributed by atoms with Gasteiger partial charge in [0.05, 0.1) is 17.9 Å². The number of benzene rings is 1. The number of hydrogen-bond donors (Lipinski definition) is 2. The third-order valence-corrected chi connectivity index (χ3v) is 4.59. The van der Waals surface area contributed by atoms with Crippen molar-refractivity contribution in [3.63, 3.8) is 0 Å². The Bertz CT molecular complexity index is 875. The third-order valence-electron chi connectivity index (χ3n) is 4.59. The molecule has 6 nitrogen and oxygen atoms in total. The minimum atomic E-state index is -0.336. The quantitative estimate of drug-likeness (QED) is 0.760. The minimum absolute atomic E-state index is 0.0203. The van der Waals surface area contributed by atoms with Crippen molar-refractivity contribution in [2.24, 2.45) is 16.6 Å². The first-order valence-electron chi connectivity index (χ1n) is 8.84. The van der Waals surface area contributed by atoms with Crippen molar-refractivity contribution in [1.82, 2.24) is 4.90 Å². The van der Waals surface area contributed by atoms with Gasteiger partial charge in [0.2, 0.25) is 5.91 Å². The van der Waals surface area contributed by atoms with Crippen molar-refractivity contribution < 1.29 is 9.53 Å². The lowest BCUT2D eigenvalue weighted by atomic mass is 10.0. The number of methoxy groups -OCH3 is 1. The fraction of sp³-hybridized carbons (Fsp3) is 0.333. The Hall–Kier alpha value is -3.04. The van der Waals surface area contributed by atoms with Gasteiger partial charge in [0.1, 0.15) is 5.84 Å². The van der Waals surface area contributed by atoms with Gasteiger partial charge in [-0.3, -0.25) is 4.79 Å². The van der Waals surface area contributed by atoms with Crippen molar-refractivity contribution in [1.29, 1.82) is 0 Å². The number of carbonyl (C=O) groups is 1. The molecule has 1 saturated carbocycles. The van der Waals surface area contributed by atoms with Gasteiger partial charge < -0.3 is 20.7 Å². The van der Waals surface area contributed by atoms with Crippen LogP contribution in [0.2, 0.25) is 0 Å². The van der Waals surface area contributed by atoms with Crippen molar-refractivity contribution in [2.45, 2.75) is 26.0 Å². The molecule has 0 radical (unpaired) electrons. The van der Waals surface area contributed by atoms with Gasteiger partial charge >= 0.3 is 0 Å². The number of nitrogens with zero attached hydrogens (tertiary/aromatic N) is 2. The number of amidine groups is 1. The first-order chi connectivity index (χ1) is 12.9. The summed E-state index contributed by atoms with van der Waals surface area (Å²) < 4.78 is 5.59. The van der Waals surface area contributed by atoms with Gasteiger partial charge in [-0.15, -0.1) is 6.42 Å². The second kappa shape index (κ2) is 7.68. The topological polar surface area (TPSA) is 80.0 Å². The highest BCUT2D eigenvalue weighted by Crippen LogP contribution is 2.34. The average molecular weight is 364 g/mol. The number of anilines is 1. The van der Waals surface area contributed by atoms with Crippen LogP contribution in [0.5, 0.6) is 0 Å². The van der Waals surface area contributed by atoms with Crippen LogP contribution in [0.4, 0.5) is 5.69 Å². The lowest BCUT2D eigenvalue weighted by Crippen LogP contribution is -2.43. The zero-order valence-electron chi connectivity index (χ0n) is 15.7. The normalized spacial score (nSPS) is 19.0. The highest BCUT2D eigenvalue weighted by Gasteiger charge is 2.30. The molecule has 1 amide bonds. The maximum absolute atomic E-state index is 12.3. The van der Waals surface area contributed by atoms with Crippen molar-refractivity contribution in [3.05, 3.63) is 47.7 Å². The van der Waals surface area contributed by atoms with Crippen LogP contribution in [0.3, 0.4) is 0 Å². The molecular weight excluding hydrogens is 340 g/mol. The number of terminal acetylenes is 1. The highest BCUT2D eigenvalue weighted by molar-refractivity contribution is 5.98. The Labute approximate surface area is 159 Å². The second-order valence-corrected chi connectivity index (χ2v) is 6.79. The summed E-state index contributed by atoms with van der Waals surface area (Å²) in [5.74, 6) is 3.48. The molecule has 0 bridgehead atoms. The summed E-state index contributed by atoms with van der Waals surface area (Å²) in [6, 6.07) is 5.52. The average Bonchev–Trinajstić information content (AvgIpc) is 3.48. The Morgan fingerprint density at radius 2 is 2.26 bits per heavy atom. The van der Waals surface area contributed by atoms with E-state index in [4.69, 9.17) is 21.9 Å². The number of hydrogen-bond acceptors (Lipinski definition) is 5. The van der Waals surface area contributed by atoms with E-state index in [2.05, 4.69) is 17.8 Å². The SMILES string of the molecule is C#Cc1ccc(C2=CC(OC)N(CC(=C)N)C(C)=N2)c(NC(=O)C2CC2)c1. The van der Waals surface area contributed by atoms with Crippen LogP contribution >= 0.6 is 0 Å². The maximum atomic E-state index is 12.3. The van der Waals surface area contributed by atoms with Crippen molar-refractivity contribution >= 4 is 23.1 Å². The molecule has 1 aromatic carbocycles. The zero-order valence-corrected chi connectivity index (χ0v) is 15.7. The number of rotatable bonds is 6. The molecule has 6 heteroatoms. The molecule has 1 atom stereocenters. The van der Waals surface area contributed by atoms with E-state index >= 15 is 0 Å². The molecule has 1 aliphatic carbocycles. The largest absolute Gasteiger partial charge is 0.401 e. The molecule has 0 aromatic heterocycles. The molecule has 1 aliphatic heterocycles. The Kier molecular flexibility index (Phi) is 5.33. The van der Waals surface area contributed by atoms with E-state index < -0.39 is 0 Å². The summed E-state index contributed by atoms with van der Waals surface area (Å²) in [5.41, 5.74) is 9.17. The molecule has 27 heavy (non-hydrogen) atoms. The summed E-state index contributed by atoms with van der Waals surface area (Å²) in [6.07, 6.45) is 8.95. The van der Waals surface area contributed by atoms with Crippen LogP contribution in [-0.2, 0) is 9.53 Å². The first kappa shape index (κ1) is 18.7. The lowest BCUT2D eigenvalue weighted by Gasteiger charge is -2.33. The Balaban J connectivity index is 1.97. The van der Waals surface area contributed by atoms with E-state index in [1.807, 2.05) is 30.0 Å². The predicted octanol–water partition coefficient (Wildman–Crippen LogP) is 2.54. The number of carbonyl (C=O) groups excluding carboxylic acids is 1. The van der Waals surface area contributed by atoms with Crippen LogP contribution in [0.1, 0.15) is 30.9 Å².